The van der Waals surface area contributed by atoms with Crippen molar-refractivity contribution in [2.75, 3.05) is 0 Å². The van der Waals surface area contributed by atoms with E-state index in [4.69, 9.17) is 0 Å². The standard InChI is InChI=1S/C15H16BrNOS2/c1-8-6-12(10(3)20-8)9(2)17-15(18)13-7-11(19)4-5-14(13)16/h4-7,9,19H,1-3H3,(H,17,18). The third-order valence-electron chi connectivity index (χ3n) is 3.09. The number of hydrogen-bond acceptors (Lipinski definition) is 3. The average molecular weight is 370 g/mol. The second kappa shape index (κ2) is 6.33. The zero-order chi connectivity index (χ0) is 14.9. The Balaban J connectivity index is 2.19. The number of hydrogen-bond donors (Lipinski definition) is 2. The third-order valence-corrected chi connectivity index (χ3v) is 5.04. The van der Waals surface area contributed by atoms with Gasteiger partial charge in [0, 0.05) is 19.1 Å². The Bertz CT molecular complexity index is 651. The van der Waals surface area contributed by atoms with Gasteiger partial charge in [0.15, 0.2) is 0 Å². The maximum atomic E-state index is 12.3. The molecular weight excluding hydrogens is 354 g/mol. The van der Waals surface area contributed by atoms with E-state index in [1.54, 1.807) is 17.4 Å². The number of thiophene rings is 1. The first-order valence-corrected chi connectivity index (χ1v) is 8.30. The zero-order valence-corrected chi connectivity index (χ0v) is 14.8. The summed E-state index contributed by atoms with van der Waals surface area (Å²) in [6.45, 7) is 6.17. The maximum Gasteiger partial charge on any atom is 0.252 e. The molecule has 0 aliphatic rings. The lowest BCUT2D eigenvalue weighted by molar-refractivity contribution is 0.0939. The molecule has 2 rings (SSSR count). The van der Waals surface area contributed by atoms with Crippen molar-refractivity contribution >= 4 is 45.8 Å². The number of carbonyl (C=O) groups excluding carboxylic acids is 1. The molecule has 1 aromatic carbocycles. The highest BCUT2D eigenvalue weighted by Crippen LogP contribution is 2.27. The normalized spacial score (nSPS) is 12.2. The first-order chi connectivity index (χ1) is 9.38. The Morgan fingerprint density at radius 2 is 2.05 bits per heavy atom. The van der Waals surface area contributed by atoms with Crippen LogP contribution >= 0.6 is 39.9 Å². The van der Waals surface area contributed by atoms with Gasteiger partial charge in [0.1, 0.15) is 0 Å². The fourth-order valence-electron chi connectivity index (χ4n) is 2.12. The van der Waals surface area contributed by atoms with Gasteiger partial charge in [-0.3, -0.25) is 4.79 Å². The van der Waals surface area contributed by atoms with Crippen molar-refractivity contribution in [2.24, 2.45) is 0 Å². The minimum Gasteiger partial charge on any atom is -0.345 e. The summed E-state index contributed by atoms with van der Waals surface area (Å²) < 4.78 is 0.776. The molecule has 0 aliphatic heterocycles. The molecule has 1 amide bonds. The Labute approximate surface area is 137 Å². The van der Waals surface area contributed by atoms with E-state index in [-0.39, 0.29) is 11.9 Å². The largest absolute Gasteiger partial charge is 0.345 e. The molecule has 0 aliphatic carbocycles. The molecule has 2 aromatic rings. The fraction of sp³-hybridized carbons (Fsp3) is 0.267. The first-order valence-electron chi connectivity index (χ1n) is 6.25. The van der Waals surface area contributed by atoms with Gasteiger partial charge in [-0.15, -0.1) is 24.0 Å². The average Bonchev–Trinajstić information content (AvgIpc) is 2.71. The van der Waals surface area contributed by atoms with Gasteiger partial charge in [0.05, 0.1) is 11.6 Å². The molecule has 1 unspecified atom stereocenters. The van der Waals surface area contributed by atoms with Gasteiger partial charge < -0.3 is 5.32 Å². The smallest absolute Gasteiger partial charge is 0.252 e. The summed E-state index contributed by atoms with van der Waals surface area (Å²) in [7, 11) is 0. The van der Waals surface area contributed by atoms with E-state index in [9.17, 15) is 4.79 Å². The van der Waals surface area contributed by atoms with Gasteiger partial charge in [-0.1, -0.05) is 0 Å². The molecule has 2 nitrogen and oxygen atoms in total. The van der Waals surface area contributed by atoms with E-state index in [1.807, 2.05) is 19.1 Å². The molecule has 0 fully saturated rings. The van der Waals surface area contributed by atoms with Crippen LogP contribution < -0.4 is 5.32 Å². The van der Waals surface area contributed by atoms with Crippen LogP contribution in [0.4, 0.5) is 0 Å². The minimum absolute atomic E-state index is 0.0112. The Kier molecular flexibility index (Phi) is 4.94. The second-order valence-electron chi connectivity index (χ2n) is 4.73. The second-order valence-corrected chi connectivity index (χ2v) is 7.56. The van der Waals surface area contributed by atoms with Gasteiger partial charge in [-0.25, -0.2) is 0 Å². The van der Waals surface area contributed by atoms with Crippen LogP contribution in [-0.2, 0) is 0 Å². The molecule has 1 aromatic heterocycles. The predicted molar refractivity (Wildman–Crippen MR) is 91.1 cm³/mol. The molecule has 0 radical (unpaired) electrons. The number of carbonyl (C=O) groups is 1. The summed E-state index contributed by atoms with van der Waals surface area (Å²) in [6, 6.07) is 7.57. The Hall–Kier alpha value is -0.780. The molecule has 1 N–H and O–H groups in total. The highest BCUT2D eigenvalue weighted by atomic mass is 79.9. The molecule has 0 saturated heterocycles. The Morgan fingerprint density at radius 3 is 2.65 bits per heavy atom. The van der Waals surface area contributed by atoms with Crippen molar-refractivity contribution in [2.45, 2.75) is 31.7 Å². The minimum atomic E-state index is -0.0940. The first kappa shape index (κ1) is 15.6. The molecule has 0 bridgehead atoms. The van der Waals surface area contributed by atoms with Crippen LogP contribution in [0.3, 0.4) is 0 Å². The van der Waals surface area contributed by atoms with Crippen LogP contribution in [-0.4, -0.2) is 5.91 Å². The summed E-state index contributed by atoms with van der Waals surface area (Å²) in [5, 5.41) is 3.04. The van der Waals surface area contributed by atoms with E-state index >= 15 is 0 Å². The van der Waals surface area contributed by atoms with Gasteiger partial charge in [0.25, 0.3) is 5.91 Å². The number of benzene rings is 1. The number of amides is 1. The highest BCUT2D eigenvalue weighted by molar-refractivity contribution is 9.10. The topological polar surface area (TPSA) is 29.1 Å². The van der Waals surface area contributed by atoms with Crippen molar-refractivity contribution in [1.29, 1.82) is 0 Å². The SMILES string of the molecule is Cc1cc(C(C)NC(=O)c2cc(S)ccc2Br)c(C)s1. The number of thiol groups is 1. The molecular formula is C15H16BrNOS2. The number of rotatable bonds is 3. The van der Waals surface area contributed by atoms with Crippen LogP contribution in [0, 0.1) is 13.8 Å². The van der Waals surface area contributed by atoms with E-state index in [0.29, 0.717) is 5.56 Å². The van der Waals surface area contributed by atoms with E-state index in [1.165, 1.54) is 15.3 Å². The van der Waals surface area contributed by atoms with Gasteiger partial charge in [-0.2, -0.15) is 0 Å². The summed E-state index contributed by atoms with van der Waals surface area (Å²) in [5.74, 6) is -0.0940. The van der Waals surface area contributed by atoms with Crippen molar-refractivity contribution in [3.8, 4) is 0 Å². The van der Waals surface area contributed by atoms with Gasteiger partial charge >= 0.3 is 0 Å². The number of nitrogens with one attached hydrogen (secondary N) is 1. The maximum absolute atomic E-state index is 12.3. The van der Waals surface area contributed by atoms with Crippen molar-refractivity contribution < 1.29 is 4.79 Å². The van der Waals surface area contributed by atoms with Crippen molar-refractivity contribution in [3.05, 3.63) is 49.6 Å². The number of aryl methyl sites for hydroxylation is 2. The third kappa shape index (κ3) is 3.45. The van der Waals surface area contributed by atoms with Crippen LogP contribution in [0.1, 0.15) is 38.6 Å². The molecule has 0 saturated carbocycles. The lowest BCUT2D eigenvalue weighted by atomic mass is 10.1. The van der Waals surface area contributed by atoms with Crippen molar-refractivity contribution in [3.63, 3.8) is 0 Å². The Morgan fingerprint density at radius 1 is 1.35 bits per heavy atom. The van der Waals surface area contributed by atoms with Gasteiger partial charge in [0.2, 0.25) is 0 Å². The van der Waals surface area contributed by atoms with E-state index < -0.39 is 0 Å². The van der Waals surface area contributed by atoms with Crippen LogP contribution in [0.5, 0.6) is 0 Å². The summed E-state index contributed by atoms with van der Waals surface area (Å²) in [6.07, 6.45) is 0. The summed E-state index contributed by atoms with van der Waals surface area (Å²) in [4.78, 5) is 15.6. The molecule has 0 spiro atoms. The molecule has 5 heteroatoms. The molecule has 20 heavy (non-hydrogen) atoms. The number of halogens is 1. The van der Waals surface area contributed by atoms with Crippen LogP contribution in [0.25, 0.3) is 0 Å². The lowest BCUT2D eigenvalue weighted by Gasteiger charge is -2.15. The summed E-state index contributed by atoms with van der Waals surface area (Å²) >= 11 is 9.43. The quantitative estimate of drug-likeness (QED) is 0.739. The molecule has 106 valence electrons. The molecule has 1 heterocycles. The van der Waals surface area contributed by atoms with Gasteiger partial charge in [-0.05, 0) is 66.5 Å². The fourth-order valence-corrected chi connectivity index (χ4v) is 3.77. The lowest BCUT2D eigenvalue weighted by Crippen LogP contribution is -2.27. The monoisotopic (exact) mass is 369 g/mol. The van der Waals surface area contributed by atoms with Crippen molar-refractivity contribution in [1.82, 2.24) is 5.32 Å². The predicted octanol–water partition coefficient (Wildman–Crippen LogP) is 4.91. The van der Waals surface area contributed by atoms with Crippen LogP contribution in [0.2, 0.25) is 0 Å². The zero-order valence-electron chi connectivity index (χ0n) is 11.5. The summed E-state index contributed by atoms with van der Waals surface area (Å²) in [5.41, 5.74) is 1.79. The molecule has 1 atom stereocenters. The van der Waals surface area contributed by atoms with E-state index in [0.717, 1.165) is 9.37 Å². The van der Waals surface area contributed by atoms with Crippen LogP contribution in [0.15, 0.2) is 33.6 Å². The highest BCUT2D eigenvalue weighted by Gasteiger charge is 2.16. The van der Waals surface area contributed by atoms with E-state index in [2.05, 4.69) is 53.8 Å².